The molecule has 0 atom stereocenters. The highest BCUT2D eigenvalue weighted by Crippen LogP contribution is 2.34. The summed E-state index contributed by atoms with van der Waals surface area (Å²) in [5.41, 5.74) is 2.04. The molecule has 150 valence electrons. The second-order valence-corrected chi connectivity index (χ2v) is 5.96. The van der Waals surface area contributed by atoms with E-state index in [0.717, 1.165) is 11.3 Å². The molecule has 3 rings (SSSR count). The van der Waals surface area contributed by atoms with Gasteiger partial charge in [0.15, 0.2) is 11.5 Å². The molecule has 2 N–H and O–H groups in total. The summed E-state index contributed by atoms with van der Waals surface area (Å²) < 4.78 is 15.4. The predicted molar refractivity (Wildman–Crippen MR) is 109 cm³/mol. The van der Waals surface area contributed by atoms with E-state index in [-0.39, 0.29) is 12.6 Å². The summed E-state index contributed by atoms with van der Waals surface area (Å²) in [6.45, 7) is 1.11. The van der Waals surface area contributed by atoms with Crippen molar-refractivity contribution in [2.75, 3.05) is 44.1 Å². The summed E-state index contributed by atoms with van der Waals surface area (Å²) in [6.07, 6.45) is -0.341. The van der Waals surface area contributed by atoms with Crippen molar-refractivity contribution in [3.8, 4) is 23.3 Å². The third kappa shape index (κ3) is 4.90. The SMILES string of the molecule is COc1cccc(NC(=O)NCC#Cc2ccc(N3CCOC3=O)cc2)c1OC. The maximum atomic E-state index is 12.1. The molecule has 0 saturated carbocycles. The standard InChI is InChI=1S/C21H21N3O5/c1-27-18-7-3-6-17(19(18)28-2)23-20(25)22-12-4-5-15-8-10-16(11-9-15)24-13-14-29-21(24)26/h3,6-11H,12-14H2,1-2H3,(H2,22,23,25). The maximum Gasteiger partial charge on any atom is 0.414 e. The van der Waals surface area contributed by atoms with Crippen molar-refractivity contribution in [3.05, 3.63) is 48.0 Å². The lowest BCUT2D eigenvalue weighted by atomic mass is 10.2. The van der Waals surface area contributed by atoms with Crippen molar-refractivity contribution in [3.63, 3.8) is 0 Å². The van der Waals surface area contributed by atoms with Crippen molar-refractivity contribution >= 4 is 23.5 Å². The highest BCUT2D eigenvalue weighted by Gasteiger charge is 2.23. The first-order valence-corrected chi connectivity index (χ1v) is 8.91. The van der Waals surface area contributed by atoms with E-state index < -0.39 is 6.03 Å². The Hall–Kier alpha value is -3.86. The number of rotatable bonds is 5. The molecule has 29 heavy (non-hydrogen) atoms. The van der Waals surface area contributed by atoms with Gasteiger partial charge in [0.25, 0.3) is 0 Å². The first kappa shape index (κ1) is 19.9. The fraction of sp³-hybridized carbons (Fsp3) is 0.238. The van der Waals surface area contributed by atoms with Crippen LogP contribution in [0.3, 0.4) is 0 Å². The number of urea groups is 1. The molecule has 0 spiro atoms. The van der Waals surface area contributed by atoms with Gasteiger partial charge in [0.05, 0.1) is 33.0 Å². The molecule has 0 radical (unpaired) electrons. The van der Waals surface area contributed by atoms with E-state index in [9.17, 15) is 9.59 Å². The Balaban J connectivity index is 1.52. The minimum atomic E-state index is -0.409. The van der Waals surface area contributed by atoms with Crippen LogP contribution in [0.25, 0.3) is 0 Å². The van der Waals surface area contributed by atoms with E-state index >= 15 is 0 Å². The fourth-order valence-electron chi connectivity index (χ4n) is 2.78. The lowest BCUT2D eigenvalue weighted by Gasteiger charge is -2.13. The average Bonchev–Trinajstić information content (AvgIpc) is 3.17. The van der Waals surface area contributed by atoms with E-state index in [4.69, 9.17) is 14.2 Å². The van der Waals surface area contributed by atoms with Crippen LogP contribution >= 0.6 is 0 Å². The molecule has 2 aromatic rings. The molecule has 2 aromatic carbocycles. The lowest BCUT2D eigenvalue weighted by Crippen LogP contribution is -2.29. The first-order chi connectivity index (χ1) is 14.1. The number of methoxy groups -OCH3 is 2. The van der Waals surface area contributed by atoms with Crippen LogP contribution < -0.4 is 25.0 Å². The monoisotopic (exact) mass is 395 g/mol. The number of cyclic esters (lactones) is 1. The average molecular weight is 395 g/mol. The van der Waals surface area contributed by atoms with Crippen molar-refractivity contribution in [1.29, 1.82) is 0 Å². The van der Waals surface area contributed by atoms with E-state index in [0.29, 0.717) is 30.3 Å². The Kier molecular flexibility index (Phi) is 6.43. The number of para-hydroxylation sites is 1. The van der Waals surface area contributed by atoms with Crippen molar-refractivity contribution in [2.24, 2.45) is 0 Å². The van der Waals surface area contributed by atoms with Gasteiger partial charge in [-0.05, 0) is 36.4 Å². The highest BCUT2D eigenvalue weighted by atomic mass is 16.6. The van der Waals surface area contributed by atoms with E-state index in [1.54, 1.807) is 23.1 Å². The Morgan fingerprint density at radius 3 is 2.62 bits per heavy atom. The number of benzene rings is 2. The van der Waals surface area contributed by atoms with Gasteiger partial charge < -0.3 is 24.8 Å². The summed E-state index contributed by atoms with van der Waals surface area (Å²) in [7, 11) is 3.03. The maximum absolute atomic E-state index is 12.1. The van der Waals surface area contributed by atoms with Crippen molar-refractivity contribution in [2.45, 2.75) is 0 Å². The normalized spacial score (nSPS) is 12.5. The Labute approximate surface area is 168 Å². The Bertz CT molecular complexity index is 947. The molecule has 1 heterocycles. The van der Waals surface area contributed by atoms with E-state index in [1.165, 1.54) is 14.2 Å². The van der Waals surface area contributed by atoms with Crippen molar-refractivity contribution in [1.82, 2.24) is 5.32 Å². The third-order valence-electron chi connectivity index (χ3n) is 4.16. The molecule has 8 nitrogen and oxygen atoms in total. The molecule has 0 bridgehead atoms. The minimum Gasteiger partial charge on any atom is -0.493 e. The van der Waals surface area contributed by atoms with Crippen LogP contribution in [0.4, 0.5) is 21.0 Å². The molecular formula is C21H21N3O5. The molecule has 0 unspecified atom stereocenters. The predicted octanol–water partition coefficient (Wildman–Crippen LogP) is 2.83. The largest absolute Gasteiger partial charge is 0.493 e. The summed E-state index contributed by atoms with van der Waals surface area (Å²) in [6, 6.07) is 12.0. The van der Waals surface area contributed by atoms with Gasteiger partial charge in [-0.15, -0.1) is 0 Å². The third-order valence-corrected chi connectivity index (χ3v) is 4.16. The number of ether oxygens (including phenoxy) is 3. The second-order valence-electron chi connectivity index (χ2n) is 5.96. The topological polar surface area (TPSA) is 89.1 Å². The number of carbonyl (C=O) groups is 2. The fourth-order valence-corrected chi connectivity index (χ4v) is 2.78. The molecule has 1 fully saturated rings. The van der Waals surface area contributed by atoms with Crippen LogP contribution in [-0.2, 0) is 4.74 Å². The molecule has 0 aromatic heterocycles. The zero-order valence-corrected chi connectivity index (χ0v) is 16.2. The number of hydrogen-bond donors (Lipinski definition) is 2. The van der Waals surface area contributed by atoms with Gasteiger partial charge in [-0.1, -0.05) is 17.9 Å². The summed E-state index contributed by atoms with van der Waals surface area (Å²) in [5, 5.41) is 5.37. The number of amides is 3. The Morgan fingerprint density at radius 1 is 1.17 bits per heavy atom. The van der Waals surface area contributed by atoms with Crippen LogP contribution in [0.5, 0.6) is 11.5 Å². The minimum absolute atomic E-state index is 0.165. The van der Waals surface area contributed by atoms with Crippen LogP contribution in [0.15, 0.2) is 42.5 Å². The quantitative estimate of drug-likeness (QED) is 0.760. The molecule has 1 aliphatic rings. The number of nitrogens with one attached hydrogen (secondary N) is 2. The molecule has 1 saturated heterocycles. The zero-order chi connectivity index (χ0) is 20.6. The van der Waals surface area contributed by atoms with Crippen LogP contribution in [0.2, 0.25) is 0 Å². The van der Waals surface area contributed by atoms with Gasteiger partial charge in [0, 0.05) is 11.3 Å². The van der Waals surface area contributed by atoms with Crippen LogP contribution in [0.1, 0.15) is 5.56 Å². The van der Waals surface area contributed by atoms with Crippen LogP contribution in [0, 0.1) is 11.8 Å². The second kappa shape index (κ2) is 9.37. The molecule has 0 aliphatic carbocycles. The zero-order valence-electron chi connectivity index (χ0n) is 16.2. The number of anilines is 2. The number of carbonyl (C=O) groups excluding carboxylic acids is 2. The molecule has 8 heteroatoms. The molecule has 3 amide bonds. The molecule has 1 aliphatic heterocycles. The van der Waals surface area contributed by atoms with E-state index in [2.05, 4.69) is 22.5 Å². The van der Waals surface area contributed by atoms with Gasteiger partial charge in [-0.2, -0.15) is 0 Å². The first-order valence-electron chi connectivity index (χ1n) is 8.91. The van der Waals surface area contributed by atoms with E-state index in [1.807, 2.05) is 24.3 Å². The van der Waals surface area contributed by atoms with Gasteiger partial charge >= 0.3 is 12.1 Å². The highest BCUT2D eigenvalue weighted by molar-refractivity contribution is 5.91. The van der Waals surface area contributed by atoms with Gasteiger partial charge in [-0.25, -0.2) is 9.59 Å². The Morgan fingerprint density at radius 2 is 1.97 bits per heavy atom. The van der Waals surface area contributed by atoms with Gasteiger partial charge in [-0.3, -0.25) is 4.90 Å². The smallest absolute Gasteiger partial charge is 0.414 e. The summed E-state index contributed by atoms with van der Waals surface area (Å²) in [4.78, 5) is 25.2. The van der Waals surface area contributed by atoms with Crippen LogP contribution in [-0.4, -0.2) is 46.0 Å². The summed E-state index contributed by atoms with van der Waals surface area (Å²) in [5.74, 6) is 6.81. The lowest BCUT2D eigenvalue weighted by molar-refractivity contribution is 0.181. The number of hydrogen-bond acceptors (Lipinski definition) is 5. The summed E-state index contributed by atoms with van der Waals surface area (Å²) >= 11 is 0. The molecular weight excluding hydrogens is 374 g/mol. The van der Waals surface area contributed by atoms with Crippen molar-refractivity contribution < 1.29 is 23.8 Å². The van der Waals surface area contributed by atoms with Gasteiger partial charge in [0.2, 0.25) is 0 Å². The van der Waals surface area contributed by atoms with Gasteiger partial charge in [0.1, 0.15) is 6.61 Å². The number of nitrogens with zero attached hydrogens (tertiary/aromatic N) is 1.